The summed E-state index contributed by atoms with van der Waals surface area (Å²) in [6.45, 7) is 1.80. The van der Waals surface area contributed by atoms with Crippen LogP contribution in [0.2, 0.25) is 5.15 Å². The number of carboxylic acid groups (broad SMARTS) is 1. The Labute approximate surface area is 108 Å². The average Bonchev–Trinajstić information content (AvgIpc) is 2.31. The van der Waals surface area contributed by atoms with Crippen molar-refractivity contribution < 1.29 is 14.6 Å². The summed E-state index contributed by atoms with van der Waals surface area (Å²) in [6.07, 6.45) is 2.72. The minimum atomic E-state index is -1.07. The Morgan fingerprint density at radius 3 is 2.83 bits per heavy atom. The Morgan fingerprint density at radius 2 is 2.17 bits per heavy atom. The van der Waals surface area contributed by atoms with E-state index in [4.69, 9.17) is 21.4 Å². The lowest BCUT2D eigenvalue weighted by atomic mass is 10.1. The Morgan fingerprint density at radius 1 is 1.39 bits per heavy atom. The zero-order chi connectivity index (χ0) is 13.1. The van der Waals surface area contributed by atoms with Gasteiger partial charge in [-0.25, -0.2) is 4.79 Å². The molecule has 0 aliphatic rings. The highest BCUT2D eigenvalue weighted by Crippen LogP contribution is 2.25. The van der Waals surface area contributed by atoms with E-state index in [2.05, 4.69) is 9.97 Å². The van der Waals surface area contributed by atoms with Crippen molar-refractivity contribution in [1.29, 1.82) is 0 Å². The fourth-order valence-electron chi connectivity index (χ4n) is 1.39. The summed E-state index contributed by atoms with van der Waals surface area (Å²) in [4.78, 5) is 18.8. The maximum atomic E-state index is 11.1. The standard InChI is InChI=1S/C12H9ClN2O3/c1-7-2-3-9(8(4-7)12(16)17)18-11-6-14-5-10(13)15-11/h2-6H,1H3,(H,16,17). The lowest BCUT2D eigenvalue weighted by molar-refractivity contribution is 0.0694. The molecule has 0 unspecified atom stereocenters. The number of hydrogen-bond donors (Lipinski definition) is 1. The molecule has 1 aromatic carbocycles. The summed E-state index contributed by atoms with van der Waals surface area (Å²) in [5.41, 5.74) is 0.897. The van der Waals surface area contributed by atoms with E-state index in [0.29, 0.717) is 0 Å². The van der Waals surface area contributed by atoms with Gasteiger partial charge in [0.1, 0.15) is 11.3 Å². The van der Waals surface area contributed by atoms with Crippen LogP contribution in [0.25, 0.3) is 0 Å². The third-order valence-electron chi connectivity index (χ3n) is 2.16. The summed E-state index contributed by atoms with van der Waals surface area (Å²) < 4.78 is 5.37. The number of nitrogens with zero attached hydrogens (tertiary/aromatic N) is 2. The number of rotatable bonds is 3. The first kappa shape index (κ1) is 12.3. The molecule has 0 bridgehead atoms. The van der Waals surface area contributed by atoms with Gasteiger partial charge < -0.3 is 9.84 Å². The molecule has 0 radical (unpaired) electrons. The van der Waals surface area contributed by atoms with Crippen molar-refractivity contribution in [2.45, 2.75) is 6.92 Å². The zero-order valence-electron chi connectivity index (χ0n) is 9.42. The molecule has 2 aromatic rings. The van der Waals surface area contributed by atoms with Crippen molar-refractivity contribution in [2.75, 3.05) is 0 Å². The molecule has 1 aromatic heterocycles. The van der Waals surface area contributed by atoms with E-state index in [1.54, 1.807) is 19.1 Å². The van der Waals surface area contributed by atoms with Crippen molar-refractivity contribution in [3.05, 3.63) is 46.9 Å². The van der Waals surface area contributed by atoms with Gasteiger partial charge in [-0.15, -0.1) is 0 Å². The molecule has 1 heterocycles. The molecule has 92 valence electrons. The van der Waals surface area contributed by atoms with Crippen LogP contribution in [0.1, 0.15) is 15.9 Å². The fourth-order valence-corrected chi connectivity index (χ4v) is 1.53. The highest BCUT2D eigenvalue weighted by Gasteiger charge is 2.13. The van der Waals surface area contributed by atoms with E-state index in [1.807, 2.05) is 0 Å². The molecule has 2 rings (SSSR count). The quantitative estimate of drug-likeness (QED) is 0.923. The number of halogens is 1. The van der Waals surface area contributed by atoms with Crippen molar-refractivity contribution >= 4 is 17.6 Å². The Bertz CT molecular complexity index is 602. The number of aromatic carboxylic acids is 1. The van der Waals surface area contributed by atoms with E-state index < -0.39 is 5.97 Å². The predicted octanol–water partition coefficient (Wildman–Crippen LogP) is 2.93. The summed E-state index contributed by atoms with van der Waals surface area (Å²) >= 11 is 5.67. The maximum Gasteiger partial charge on any atom is 0.339 e. The molecule has 18 heavy (non-hydrogen) atoms. The lowest BCUT2D eigenvalue weighted by Crippen LogP contribution is -2.01. The van der Waals surface area contributed by atoms with Crippen LogP contribution >= 0.6 is 11.6 Å². The van der Waals surface area contributed by atoms with E-state index >= 15 is 0 Å². The summed E-state index contributed by atoms with van der Waals surface area (Å²) in [7, 11) is 0. The normalized spacial score (nSPS) is 10.1. The predicted molar refractivity (Wildman–Crippen MR) is 65.3 cm³/mol. The van der Waals surface area contributed by atoms with Crippen LogP contribution in [0.3, 0.4) is 0 Å². The second kappa shape index (κ2) is 5.01. The van der Waals surface area contributed by atoms with Gasteiger partial charge in [0.15, 0.2) is 5.15 Å². The molecule has 0 saturated heterocycles. The molecule has 0 atom stereocenters. The molecule has 0 aliphatic carbocycles. The lowest BCUT2D eigenvalue weighted by Gasteiger charge is -2.08. The minimum absolute atomic E-state index is 0.0665. The SMILES string of the molecule is Cc1ccc(Oc2cncc(Cl)n2)c(C(=O)O)c1. The number of ether oxygens (including phenoxy) is 1. The van der Waals surface area contributed by atoms with Crippen LogP contribution in [-0.2, 0) is 0 Å². The molecule has 0 saturated carbocycles. The Balaban J connectivity index is 2.37. The maximum absolute atomic E-state index is 11.1. The van der Waals surface area contributed by atoms with Gasteiger partial charge in [-0.2, -0.15) is 4.98 Å². The van der Waals surface area contributed by atoms with Gasteiger partial charge in [0.2, 0.25) is 5.88 Å². The number of benzene rings is 1. The van der Waals surface area contributed by atoms with Gasteiger partial charge >= 0.3 is 5.97 Å². The van der Waals surface area contributed by atoms with Gasteiger partial charge in [-0.3, -0.25) is 4.98 Å². The highest BCUT2D eigenvalue weighted by atomic mass is 35.5. The van der Waals surface area contributed by atoms with Crippen molar-refractivity contribution in [3.8, 4) is 11.6 Å². The van der Waals surface area contributed by atoms with Gasteiger partial charge in [0, 0.05) is 0 Å². The molecule has 0 amide bonds. The molecule has 0 fully saturated rings. The van der Waals surface area contributed by atoms with Crippen LogP contribution in [-0.4, -0.2) is 21.0 Å². The molecule has 1 N–H and O–H groups in total. The van der Waals surface area contributed by atoms with Crippen LogP contribution < -0.4 is 4.74 Å². The topological polar surface area (TPSA) is 72.3 Å². The Kier molecular flexibility index (Phi) is 3.43. The monoisotopic (exact) mass is 264 g/mol. The smallest absolute Gasteiger partial charge is 0.339 e. The Hall–Kier alpha value is -2.14. The summed E-state index contributed by atoms with van der Waals surface area (Å²) in [5, 5.41) is 9.26. The summed E-state index contributed by atoms with van der Waals surface area (Å²) in [6, 6.07) is 4.84. The third-order valence-corrected chi connectivity index (χ3v) is 2.35. The van der Waals surface area contributed by atoms with E-state index in [9.17, 15) is 4.79 Å². The first-order valence-electron chi connectivity index (χ1n) is 5.05. The van der Waals surface area contributed by atoms with E-state index in [0.717, 1.165) is 5.56 Å². The molecule has 0 spiro atoms. The van der Waals surface area contributed by atoms with Gasteiger partial charge in [-0.05, 0) is 19.1 Å². The molecular weight excluding hydrogens is 256 g/mol. The van der Waals surface area contributed by atoms with Crippen molar-refractivity contribution in [3.63, 3.8) is 0 Å². The zero-order valence-corrected chi connectivity index (χ0v) is 10.2. The van der Waals surface area contributed by atoms with Crippen LogP contribution in [0.5, 0.6) is 11.6 Å². The molecule has 5 nitrogen and oxygen atoms in total. The number of aryl methyl sites for hydroxylation is 1. The van der Waals surface area contributed by atoms with E-state index in [-0.39, 0.29) is 22.3 Å². The van der Waals surface area contributed by atoms with Gasteiger partial charge in [-0.1, -0.05) is 23.2 Å². The number of hydrogen-bond acceptors (Lipinski definition) is 4. The summed E-state index contributed by atoms with van der Waals surface area (Å²) in [5.74, 6) is -0.720. The van der Waals surface area contributed by atoms with Crippen LogP contribution in [0, 0.1) is 6.92 Å². The second-order valence-corrected chi connectivity index (χ2v) is 3.97. The minimum Gasteiger partial charge on any atom is -0.478 e. The van der Waals surface area contributed by atoms with Crippen LogP contribution in [0.4, 0.5) is 0 Å². The fraction of sp³-hybridized carbons (Fsp3) is 0.0833. The van der Waals surface area contributed by atoms with Crippen molar-refractivity contribution in [2.24, 2.45) is 0 Å². The number of aromatic nitrogens is 2. The van der Waals surface area contributed by atoms with Gasteiger partial charge in [0.25, 0.3) is 0 Å². The number of carboxylic acids is 1. The first-order chi connectivity index (χ1) is 8.56. The molecule has 0 aliphatic heterocycles. The molecule has 6 heteroatoms. The highest BCUT2D eigenvalue weighted by molar-refractivity contribution is 6.29. The van der Waals surface area contributed by atoms with Gasteiger partial charge in [0.05, 0.1) is 12.4 Å². The van der Waals surface area contributed by atoms with Crippen molar-refractivity contribution in [1.82, 2.24) is 9.97 Å². The molecular formula is C12H9ClN2O3. The second-order valence-electron chi connectivity index (χ2n) is 3.59. The largest absolute Gasteiger partial charge is 0.478 e. The third kappa shape index (κ3) is 2.75. The first-order valence-corrected chi connectivity index (χ1v) is 5.43. The number of carbonyl (C=O) groups is 1. The van der Waals surface area contributed by atoms with Crippen LogP contribution in [0.15, 0.2) is 30.6 Å². The van der Waals surface area contributed by atoms with E-state index in [1.165, 1.54) is 18.5 Å². The average molecular weight is 265 g/mol.